The molecule has 0 unspecified atom stereocenters. The summed E-state index contributed by atoms with van der Waals surface area (Å²) in [6.07, 6.45) is -2.67. The molecule has 2 nitrogen and oxygen atoms in total. The maximum atomic E-state index is 12.2. The minimum Gasteiger partial charge on any atom is -0.234 e. The van der Waals surface area contributed by atoms with Gasteiger partial charge in [-0.15, -0.1) is 0 Å². The molecule has 0 aliphatic heterocycles. The highest BCUT2D eigenvalue weighted by Crippen LogP contribution is 2.25. The Bertz CT molecular complexity index is 352. The zero-order chi connectivity index (χ0) is 10.0. The van der Waals surface area contributed by atoms with Crippen molar-refractivity contribution >= 4 is 34.2 Å². The Morgan fingerprint density at radius 3 is 2.62 bits per heavy atom. The fourth-order valence-electron chi connectivity index (χ4n) is 0.713. The van der Waals surface area contributed by atoms with E-state index in [1.165, 1.54) is 0 Å². The predicted octanol–water partition coefficient (Wildman–Crippen LogP) is 3.15. The maximum absolute atomic E-state index is 12.2. The molecule has 0 amide bonds. The smallest absolute Gasteiger partial charge is 0.234 e. The third-order valence-electron chi connectivity index (χ3n) is 1.28. The minimum atomic E-state index is -2.67. The highest BCUT2D eigenvalue weighted by molar-refractivity contribution is 14.1. The van der Waals surface area contributed by atoms with Gasteiger partial charge in [-0.05, 0) is 28.7 Å². The number of halogens is 4. The summed E-state index contributed by atoms with van der Waals surface area (Å²) in [6, 6.07) is 2.93. The van der Waals surface area contributed by atoms with E-state index in [-0.39, 0.29) is 10.7 Å². The molecule has 0 fully saturated rings. The lowest BCUT2D eigenvalue weighted by Crippen LogP contribution is -1.95. The van der Waals surface area contributed by atoms with Gasteiger partial charge < -0.3 is 0 Å². The summed E-state index contributed by atoms with van der Waals surface area (Å²) in [6.45, 7) is 0. The van der Waals surface area contributed by atoms with Gasteiger partial charge >= 0.3 is 0 Å². The van der Waals surface area contributed by atoms with Crippen LogP contribution in [0.15, 0.2) is 6.07 Å². The first-order chi connectivity index (χ1) is 6.06. The maximum Gasteiger partial charge on any atom is 0.280 e. The van der Waals surface area contributed by atoms with Gasteiger partial charge in [-0.2, -0.15) is 5.26 Å². The van der Waals surface area contributed by atoms with Crippen LogP contribution in [0.5, 0.6) is 0 Å². The van der Waals surface area contributed by atoms with Crippen LogP contribution in [0.3, 0.4) is 0 Å². The van der Waals surface area contributed by atoms with Crippen LogP contribution < -0.4 is 0 Å². The largest absolute Gasteiger partial charge is 0.280 e. The molecule has 68 valence electrons. The van der Waals surface area contributed by atoms with E-state index in [0.717, 1.165) is 6.07 Å². The first kappa shape index (κ1) is 10.6. The molecular weight excluding hydrogens is 312 g/mol. The molecule has 1 aromatic heterocycles. The summed E-state index contributed by atoms with van der Waals surface area (Å²) in [5.74, 6) is 0. The number of nitrogens with zero attached hydrogens (tertiary/aromatic N) is 2. The molecule has 0 spiro atoms. The molecule has 0 saturated carbocycles. The van der Waals surface area contributed by atoms with Crippen LogP contribution >= 0.6 is 34.2 Å². The SMILES string of the molecule is N#Cc1c(I)cc(C(F)F)nc1Cl. The lowest BCUT2D eigenvalue weighted by molar-refractivity contribution is 0.146. The van der Waals surface area contributed by atoms with Crippen LogP contribution in [0.25, 0.3) is 0 Å². The van der Waals surface area contributed by atoms with E-state index >= 15 is 0 Å². The van der Waals surface area contributed by atoms with E-state index in [1.807, 2.05) is 0 Å². The number of hydrogen-bond donors (Lipinski definition) is 0. The third-order valence-corrected chi connectivity index (χ3v) is 2.41. The van der Waals surface area contributed by atoms with E-state index in [1.54, 1.807) is 28.7 Å². The predicted molar refractivity (Wildman–Crippen MR) is 51.6 cm³/mol. The quantitative estimate of drug-likeness (QED) is 0.590. The van der Waals surface area contributed by atoms with E-state index in [9.17, 15) is 8.78 Å². The van der Waals surface area contributed by atoms with Crippen LogP contribution in [0.4, 0.5) is 8.78 Å². The van der Waals surface area contributed by atoms with Gasteiger partial charge in [-0.3, -0.25) is 0 Å². The summed E-state index contributed by atoms with van der Waals surface area (Å²) in [7, 11) is 0. The van der Waals surface area contributed by atoms with Gasteiger partial charge in [0.05, 0.1) is 0 Å². The second-order valence-electron chi connectivity index (χ2n) is 2.11. The van der Waals surface area contributed by atoms with Gasteiger partial charge in [0, 0.05) is 3.57 Å². The van der Waals surface area contributed by atoms with Crippen molar-refractivity contribution in [2.24, 2.45) is 0 Å². The Labute approximate surface area is 91.7 Å². The molecule has 0 aromatic carbocycles. The van der Waals surface area contributed by atoms with Gasteiger partial charge in [0.2, 0.25) is 0 Å². The number of hydrogen-bond acceptors (Lipinski definition) is 2. The Morgan fingerprint density at radius 1 is 1.62 bits per heavy atom. The molecule has 1 aromatic rings. The monoisotopic (exact) mass is 314 g/mol. The van der Waals surface area contributed by atoms with Gasteiger partial charge in [0.15, 0.2) is 0 Å². The van der Waals surface area contributed by atoms with E-state index < -0.39 is 12.1 Å². The van der Waals surface area contributed by atoms with Gasteiger partial charge in [0.25, 0.3) is 6.43 Å². The molecular formula is C7H2ClF2IN2. The standard InChI is InChI=1S/C7H2ClF2IN2/c8-6-3(2-12)4(11)1-5(13-6)7(9)10/h1,7H. The van der Waals surface area contributed by atoms with Gasteiger partial charge in [-0.1, -0.05) is 11.6 Å². The molecule has 0 aliphatic carbocycles. The Balaban J connectivity index is 3.30. The molecule has 1 rings (SSSR count). The number of nitriles is 1. The fourth-order valence-corrected chi connectivity index (χ4v) is 1.81. The Kier molecular flexibility index (Phi) is 3.39. The fraction of sp³-hybridized carbons (Fsp3) is 0.143. The average Bonchev–Trinajstić information content (AvgIpc) is 2.03. The zero-order valence-electron chi connectivity index (χ0n) is 6.06. The first-order valence-electron chi connectivity index (χ1n) is 3.10. The summed E-state index contributed by atoms with van der Waals surface area (Å²) in [5.41, 5.74) is -0.278. The molecule has 0 bridgehead atoms. The van der Waals surface area contributed by atoms with Crippen molar-refractivity contribution in [1.82, 2.24) is 4.98 Å². The molecule has 1 heterocycles. The molecule has 13 heavy (non-hydrogen) atoms. The lowest BCUT2D eigenvalue weighted by atomic mass is 10.3. The molecule has 0 N–H and O–H groups in total. The van der Waals surface area contributed by atoms with Crippen LogP contribution in [0.2, 0.25) is 5.15 Å². The van der Waals surface area contributed by atoms with E-state index in [4.69, 9.17) is 16.9 Å². The van der Waals surface area contributed by atoms with Crippen molar-refractivity contribution in [3.63, 3.8) is 0 Å². The lowest BCUT2D eigenvalue weighted by Gasteiger charge is -2.02. The average molecular weight is 314 g/mol. The second-order valence-corrected chi connectivity index (χ2v) is 3.63. The summed E-state index contributed by atoms with van der Waals surface area (Å²) >= 11 is 7.27. The van der Waals surface area contributed by atoms with Gasteiger partial charge in [-0.25, -0.2) is 13.8 Å². The van der Waals surface area contributed by atoms with Crippen LogP contribution in [0, 0.1) is 14.9 Å². The molecule has 6 heteroatoms. The van der Waals surface area contributed by atoms with E-state index in [0.29, 0.717) is 3.57 Å². The van der Waals surface area contributed by atoms with Gasteiger partial charge in [0.1, 0.15) is 22.5 Å². The minimum absolute atomic E-state index is 0.131. The summed E-state index contributed by atoms with van der Waals surface area (Å²) in [5, 5.41) is 8.39. The first-order valence-corrected chi connectivity index (χ1v) is 4.56. The van der Waals surface area contributed by atoms with Crippen molar-refractivity contribution in [3.05, 3.63) is 26.0 Å². The second kappa shape index (κ2) is 4.15. The zero-order valence-corrected chi connectivity index (χ0v) is 8.97. The van der Waals surface area contributed by atoms with Crippen molar-refractivity contribution in [1.29, 1.82) is 5.26 Å². The van der Waals surface area contributed by atoms with Crippen molar-refractivity contribution in [3.8, 4) is 6.07 Å². The van der Waals surface area contributed by atoms with Crippen molar-refractivity contribution in [2.45, 2.75) is 6.43 Å². The Hall–Kier alpha value is -0.480. The number of pyridine rings is 1. The topological polar surface area (TPSA) is 36.7 Å². The summed E-state index contributed by atoms with van der Waals surface area (Å²) in [4.78, 5) is 3.39. The van der Waals surface area contributed by atoms with Crippen LogP contribution in [-0.4, -0.2) is 4.98 Å². The molecule has 0 atom stereocenters. The van der Waals surface area contributed by atoms with Crippen molar-refractivity contribution in [2.75, 3.05) is 0 Å². The number of rotatable bonds is 1. The Morgan fingerprint density at radius 2 is 2.23 bits per heavy atom. The highest BCUT2D eigenvalue weighted by atomic mass is 127. The number of aromatic nitrogens is 1. The molecule has 0 radical (unpaired) electrons. The third kappa shape index (κ3) is 2.25. The molecule has 0 aliphatic rings. The summed E-state index contributed by atoms with van der Waals surface area (Å²) < 4.78 is 24.7. The normalized spacial score (nSPS) is 10.2. The van der Waals surface area contributed by atoms with Crippen LogP contribution in [0.1, 0.15) is 17.7 Å². The highest BCUT2D eigenvalue weighted by Gasteiger charge is 2.14. The van der Waals surface area contributed by atoms with E-state index in [2.05, 4.69) is 4.98 Å². The van der Waals surface area contributed by atoms with Crippen LogP contribution in [-0.2, 0) is 0 Å². The number of alkyl halides is 2. The van der Waals surface area contributed by atoms with Crippen molar-refractivity contribution < 1.29 is 8.78 Å². The molecule has 0 saturated heterocycles.